The number of rotatable bonds is 8. The molecule has 2 atom stereocenters. The van der Waals surface area contributed by atoms with E-state index < -0.39 is 11.6 Å². The average molecular weight is 271 g/mol. The van der Waals surface area contributed by atoms with Crippen LogP contribution in [0, 0.1) is 11.6 Å². The standard InChI is InChI=1S/C15H23F2NO/c1-4-7-14(19-6-3)15(18-5-2)11-8-9-12(16)13(17)10-11/h8-10,14-15,18H,4-7H2,1-3H3. The van der Waals surface area contributed by atoms with E-state index in [1.807, 2.05) is 13.8 Å². The highest BCUT2D eigenvalue weighted by molar-refractivity contribution is 5.22. The minimum absolute atomic E-state index is 0.0280. The maximum absolute atomic E-state index is 13.4. The van der Waals surface area contributed by atoms with Gasteiger partial charge in [-0.1, -0.05) is 26.3 Å². The lowest BCUT2D eigenvalue weighted by atomic mass is 9.97. The Morgan fingerprint density at radius 3 is 2.42 bits per heavy atom. The number of hydrogen-bond donors (Lipinski definition) is 1. The van der Waals surface area contributed by atoms with Gasteiger partial charge in [-0.25, -0.2) is 8.78 Å². The molecular formula is C15H23F2NO. The Morgan fingerprint density at radius 2 is 1.89 bits per heavy atom. The highest BCUT2D eigenvalue weighted by atomic mass is 19.2. The van der Waals surface area contributed by atoms with Crippen molar-refractivity contribution in [2.75, 3.05) is 13.2 Å². The monoisotopic (exact) mass is 271 g/mol. The van der Waals surface area contributed by atoms with Crippen LogP contribution in [-0.4, -0.2) is 19.3 Å². The topological polar surface area (TPSA) is 21.3 Å². The smallest absolute Gasteiger partial charge is 0.159 e. The van der Waals surface area contributed by atoms with Crippen LogP contribution in [0.1, 0.15) is 45.2 Å². The third-order valence-corrected chi connectivity index (χ3v) is 3.05. The van der Waals surface area contributed by atoms with E-state index in [0.717, 1.165) is 24.9 Å². The van der Waals surface area contributed by atoms with Crippen molar-refractivity contribution in [1.82, 2.24) is 5.32 Å². The Morgan fingerprint density at radius 1 is 1.16 bits per heavy atom. The fraction of sp³-hybridized carbons (Fsp3) is 0.600. The molecule has 2 nitrogen and oxygen atoms in total. The van der Waals surface area contributed by atoms with Gasteiger partial charge < -0.3 is 10.1 Å². The molecule has 0 amide bonds. The van der Waals surface area contributed by atoms with Crippen molar-refractivity contribution in [3.63, 3.8) is 0 Å². The molecule has 4 heteroatoms. The number of benzene rings is 1. The Hall–Kier alpha value is -1.00. The van der Waals surface area contributed by atoms with Gasteiger partial charge in [0.05, 0.1) is 12.1 Å². The van der Waals surface area contributed by atoms with Gasteiger partial charge in [0.2, 0.25) is 0 Å². The van der Waals surface area contributed by atoms with Crippen LogP contribution in [-0.2, 0) is 4.74 Å². The highest BCUT2D eigenvalue weighted by Crippen LogP contribution is 2.24. The summed E-state index contributed by atoms with van der Waals surface area (Å²) in [4.78, 5) is 0. The Kier molecular flexibility index (Phi) is 6.95. The van der Waals surface area contributed by atoms with Gasteiger partial charge in [-0.15, -0.1) is 0 Å². The molecule has 1 aromatic rings. The summed E-state index contributed by atoms with van der Waals surface area (Å²) in [5, 5.41) is 3.30. The quantitative estimate of drug-likeness (QED) is 0.776. The lowest BCUT2D eigenvalue weighted by Gasteiger charge is -2.28. The molecule has 0 aliphatic carbocycles. The van der Waals surface area contributed by atoms with E-state index in [1.165, 1.54) is 12.1 Å². The van der Waals surface area contributed by atoms with Crippen molar-refractivity contribution in [3.05, 3.63) is 35.4 Å². The molecule has 2 unspecified atom stereocenters. The zero-order chi connectivity index (χ0) is 14.3. The molecule has 0 saturated heterocycles. The van der Waals surface area contributed by atoms with Crippen molar-refractivity contribution in [2.24, 2.45) is 0 Å². The summed E-state index contributed by atoms with van der Waals surface area (Å²) in [7, 11) is 0. The van der Waals surface area contributed by atoms with Gasteiger partial charge in [-0.3, -0.25) is 0 Å². The molecule has 0 heterocycles. The molecule has 0 fully saturated rings. The third kappa shape index (κ3) is 4.55. The first kappa shape index (κ1) is 16.1. The average Bonchev–Trinajstić information content (AvgIpc) is 2.39. The molecule has 1 N–H and O–H groups in total. The molecule has 0 radical (unpaired) electrons. The normalized spacial score (nSPS) is 14.4. The van der Waals surface area contributed by atoms with Crippen LogP contribution >= 0.6 is 0 Å². The second-order valence-corrected chi connectivity index (χ2v) is 4.49. The van der Waals surface area contributed by atoms with Gasteiger partial charge in [-0.2, -0.15) is 0 Å². The van der Waals surface area contributed by atoms with Gasteiger partial charge in [0.15, 0.2) is 11.6 Å². The third-order valence-electron chi connectivity index (χ3n) is 3.05. The summed E-state index contributed by atoms with van der Waals surface area (Å²) < 4.78 is 32.1. The molecule has 1 rings (SSSR count). The summed E-state index contributed by atoms with van der Waals surface area (Å²) in [6.07, 6.45) is 1.83. The van der Waals surface area contributed by atoms with Crippen molar-refractivity contribution in [3.8, 4) is 0 Å². The number of likely N-dealkylation sites (N-methyl/N-ethyl adjacent to an activating group) is 1. The molecule has 0 bridgehead atoms. The summed E-state index contributed by atoms with van der Waals surface area (Å²) in [6, 6.07) is 3.93. The number of halogens is 2. The fourth-order valence-electron chi connectivity index (χ4n) is 2.23. The van der Waals surface area contributed by atoms with E-state index in [-0.39, 0.29) is 12.1 Å². The predicted octanol–water partition coefficient (Wildman–Crippen LogP) is 3.82. The molecule has 0 saturated carbocycles. The van der Waals surface area contributed by atoms with E-state index in [0.29, 0.717) is 6.61 Å². The number of ether oxygens (including phenoxy) is 1. The Bertz CT molecular complexity index is 378. The molecule has 1 aromatic carbocycles. The van der Waals surface area contributed by atoms with Crippen molar-refractivity contribution >= 4 is 0 Å². The second kappa shape index (κ2) is 8.23. The first-order valence-corrected chi connectivity index (χ1v) is 6.93. The predicted molar refractivity (Wildman–Crippen MR) is 73.1 cm³/mol. The van der Waals surface area contributed by atoms with Crippen LogP contribution in [0.2, 0.25) is 0 Å². The SMILES string of the molecule is CCCC(OCC)C(NCC)c1ccc(F)c(F)c1. The van der Waals surface area contributed by atoms with Crippen molar-refractivity contribution in [2.45, 2.75) is 45.8 Å². The van der Waals surface area contributed by atoms with Crippen molar-refractivity contribution in [1.29, 1.82) is 0 Å². The lowest BCUT2D eigenvalue weighted by Crippen LogP contribution is -2.34. The van der Waals surface area contributed by atoms with E-state index in [9.17, 15) is 8.78 Å². The molecule has 19 heavy (non-hydrogen) atoms. The zero-order valence-electron chi connectivity index (χ0n) is 11.9. The van der Waals surface area contributed by atoms with Crippen LogP contribution in [0.3, 0.4) is 0 Å². The Labute approximate surface area is 114 Å². The molecular weight excluding hydrogens is 248 g/mol. The van der Waals surface area contributed by atoms with Crippen LogP contribution in [0.5, 0.6) is 0 Å². The Balaban J connectivity index is 2.98. The molecule has 0 aliphatic heterocycles. The van der Waals surface area contributed by atoms with E-state index in [1.54, 1.807) is 6.07 Å². The zero-order valence-corrected chi connectivity index (χ0v) is 11.9. The largest absolute Gasteiger partial charge is 0.377 e. The van der Waals surface area contributed by atoms with Crippen LogP contribution in [0.25, 0.3) is 0 Å². The van der Waals surface area contributed by atoms with Crippen molar-refractivity contribution < 1.29 is 13.5 Å². The lowest BCUT2D eigenvalue weighted by molar-refractivity contribution is 0.0279. The van der Waals surface area contributed by atoms with Crippen LogP contribution in [0.15, 0.2) is 18.2 Å². The maximum Gasteiger partial charge on any atom is 0.159 e. The minimum Gasteiger partial charge on any atom is -0.377 e. The van der Waals surface area contributed by atoms with Gasteiger partial charge in [0.1, 0.15) is 0 Å². The minimum atomic E-state index is -0.817. The summed E-state index contributed by atoms with van der Waals surface area (Å²) in [5.74, 6) is -1.63. The molecule has 0 spiro atoms. The van der Waals surface area contributed by atoms with Gasteiger partial charge in [0, 0.05) is 6.61 Å². The number of hydrogen-bond acceptors (Lipinski definition) is 2. The fourth-order valence-corrected chi connectivity index (χ4v) is 2.23. The highest BCUT2D eigenvalue weighted by Gasteiger charge is 2.23. The first-order valence-electron chi connectivity index (χ1n) is 6.93. The van der Waals surface area contributed by atoms with Gasteiger partial charge >= 0.3 is 0 Å². The van der Waals surface area contributed by atoms with Gasteiger partial charge in [0.25, 0.3) is 0 Å². The van der Waals surface area contributed by atoms with Crippen LogP contribution < -0.4 is 5.32 Å². The first-order chi connectivity index (χ1) is 9.13. The van der Waals surface area contributed by atoms with E-state index in [2.05, 4.69) is 12.2 Å². The van der Waals surface area contributed by atoms with Crippen LogP contribution in [0.4, 0.5) is 8.78 Å². The molecule has 0 aliphatic rings. The second-order valence-electron chi connectivity index (χ2n) is 4.49. The summed E-state index contributed by atoms with van der Waals surface area (Å²) in [6.45, 7) is 7.37. The molecule has 108 valence electrons. The molecule has 0 aromatic heterocycles. The van der Waals surface area contributed by atoms with Gasteiger partial charge in [-0.05, 0) is 37.6 Å². The number of nitrogens with one attached hydrogen (secondary N) is 1. The summed E-state index contributed by atoms with van der Waals surface area (Å²) >= 11 is 0. The van der Waals surface area contributed by atoms with E-state index >= 15 is 0 Å². The summed E-state index contributed by atoms with van der Waals surface area (Å²) in [5.41, 5.74) is 0.729. The van der Waals surface area contributed by atoms with E-state index in [4.69, 9.17) is 4.74 Å². The maximum atomic E-state index is 13.4.